The van der Waals surface area contributed by atoms with E-state index in [2.05, 4.69) is 56.1 Å². The molecular formula is C36H42O6. The molecule has 42 heavy (non-hydrogen) atoms. The molecule has 6 heteroatoms. The van der Waals surface area contributed by atoms with Crippen LogP contribution >= 0.6 is 0 Å². The summed E-state index contributed by atoms with van der Waals surface area (Å²) in [6.07, 6.45) is 7.10. The van der Waals surface area contributed by atoms with Crippen molar-refractivity contribution in [2.45, 2.75) is 76.7 Å². The van der Waals surface area contributed by atoms with Crippen LogP contribution in [0.4, 0.5) is 0 Å². The molecule has 0 bridgehead atoms. The fourth-order valence-electron chi connectivity index (χ4n) is 5.78. The summed E-state index contributed by atoms with van der Waals surface area (Å²) >= 11 is 0. The predicted molar refractivity (Wildman–Crippen MR) is 165 cm³/mol. The molecule has 3 aromatic carbocycles. The molecule has 1 saturated carbocycles. The van der Waals surface area contributed by atoms with Crippen LogP contribution in [-0.2, 0) is 19.6 Å². The molecule has 0 heterocycles. The molecule has 0 aliphatic heterocycles. The van der Waals surface area contributed by atoms with Gasteiger partial charge in [0.15, 0.2) is 0 Å². The van der Waals surface area contributed by atoms with Crippen LogP contribution in [0.2, 0.25) is 0 Å². The molecule has 1 aliphatic rings. The lowest BCUT2D eigenvalue weighted by Crippen LogP contribution is -2.32. The third-order valence-corrected chi connectivity index (χ3v) is 7.77. The minimum Gasteiger partial charge on any atom is -0.463 e. The van der Waals surface area contributed by atoms with E-state index in [1.807, 2.05) is 57.2 Å². The molecule has 4 rings (SSSR count). The Morgan fingerprint density at radius 2 is 0.905 bits per heavy atom. The van der Waals surface area contributed by atoms with E-state index in [0.717, 1.165) is 42.9 Å². The Morgan fingerprint density at radius 3 is 1.24 bits per heavy atom. The SMILES string of the molecule is C=COC(C)Oc1ccc(C2CCC(c3ccc(OC(C)OC=C)cc3)(c3ccc(OC(C)OC=C)cc3)CC2)cc1. The average Bonchev–Trinajstić information content (AvgIpc) is 2.99. The molecule has 6 nitrogen and oxygen atoms in total. The fourth-order valence-corrected chi connectivity index (χ4v) is 5.78. The molecule has 0 radical (unpaired) electrons. The number of ether oxygens (including phenoxy) is 6. The van der Waals surface area contributed by atoms with Gasteiger partial charge in [0.1, 0.15) is 17.2 Å². The second-order valence-corrected chi connectivity index (χ2v) is 10.4. The summed E-state index contributed by atoms with van der Waals surface area (Å²) in [5.74, 6) is 2.76. The van der Waals surface area contributed by atoms with Gasteiger partial charge in [-0.3, -0.25) is 0 Å². The lowest BCUT2D eigenvalue weighted by molar-refractivity contribution is -0.0136. The third-order valence-electron chi connectivity index (χ3n) is 7.77. The quantitative estimate of drug-likeness (QED) is 0.134. The zero-order valence-electron chi connectivity index (χ0n) is 24.9. The van der Waals surface area contributed by atoms with Gasteiger partial charge in [-0.1, -0.05) is 56.1 Å². The summed E-state index contributed by atoms with van der Waals surface area (Å²) in [5.41, 5.74) is 3.72. The van der Waals surface area contributed by atoms with Gasteiger partial charge in [-0.15, -0.1) is 0 Å². The first-order chi connectivity index (χ1) is 20.4. The summed E-state index contributed by atoms with van der Waals surface area (Å²) in [5, 5.41) is 0. The van der Waals surface area contributed by atoms with Gasteiger partial charge < -0.3 is 28.4 Å². The Hall–Kier alpha value is -4.32. The largest absolute Gasteiger partial charge is 0.463 e. The number of rotatable bonds is 15. The van der Waals surface area contributed by atoms with Crippen LogP contribution in [0.3, 0.4) is 0 Å². The molecular weight excluding hydrogens is 528 g/mol. The fraction of sp³-hybridized carbons (Fsp3) is 0.333. The molecule has 3 aromatic rings. The van der Waals surface area contributed by atoms with Crippen molar-refractivity contribution in [3.63, 3.8) is 0 Å². The Labute approximate surface area is 250 Å². The summed E-state index contributed by atoms with van der Waals surface area (Å²) in [4.78, 5) is 0. The Kier molecular flexibility index (Phi) is 10.6. The van der Waals surface area contributed by atoms with Crippen molar-refractivity contribution in [2.24, 2.45) is 0 Å². The van der Waals surface area contributed by atoms with E-state index in [-0.39, 0.29) is 11.7 Å². The maximum atomic E-state index is 5.88. The summed E-state index contributed by atoms with van der Waals surface area (Å²) in [6.45, 7) is 16.3. The van der Waals surface area contributed by atoms with Crippen LogP contribution in [0.25, 0.3) is 0 Å². The normalized spacial score (nSPS) is 20.2. The molecule has 1 aliphatic carbocycles. The van der Waals surface area contributed by atoms with Gasteiger partial charge >= 0.3 is 0 Å². The third kappa shape index (κ3) is 7.69. The Bertz CT molecular complexity index is 1210. The maximum Gasteiger partial charge on any atom is 0.237 e. The lowest BCUT2D eigenvalue weighted by Gasteiger charge is -2.42. The highest BCUT2D eigenvalue weighted by atomic mass is 16.7. The van der Waals surface area contributed by atoms with E-state index >= 15 is 0 Å². The van der Waals surface area contributed by atoms with Crippen molar-refractivity contribution in [3.05, 3.63) is 128 Å². The Balaban J connectivity index is 1.55. The Morgan fingerprint density at radius 1 is 0.571 bits per heavy atom. The zero-order valence-corrected chi connectivity index (χ0v) is 24.9. The van der Waals surface area contributed by atoms with Gasteiger partial charge in [-0.2, -0.15) is 0 Å². The van der Waals surface area contributed by atoms with Gasteiger partial charge in [0.05, 0.1) is 18.8 Å². The predicted octanol–water partition coefficient (Wildman–Crippen LogP) is 8.99. The first-order valence-electron chi connectivity index (χ1n) is 14.5. The monoisotopic (exact) mass is 570 g/mol. The minimum absolute atomic E-state index is 0.138. The van der Waals surface area contributed by atoms with E-state index in [1.165, 1.54) is 35.5 Å². The average molecular weight is 571 g/mol. The summed E-state index contributed by atoms with van der Waals surface area (Å²) < 4.78 is 33.5. The number of hydrogen-bond donors (Lipinski definition) is 0. The van der Waals surface area contributed by atoms with E-state index in [0.29, 0.717) is 5.92 Å². The van der Waals surface area contributed by atoms with Crippen molar-refractivity contribution in [3.8, 4) is 17.2 Å². The van der Waals surface area contributed by atoms with Crippen LogP contribution in [0.15, 0.2) is 111 Å². The van der Waals surface area contributed by atoms with Crippen LogP contribution < -0.4 is 14.2 Å². The van der Waals surface area contributed by atoms with Gasteiger partial charge in [-0.05, 0) is 84.7 Å². The maximum absolute atomic E-state index is 5.88. The minimum atomic E-state index is -0.410. The highest BCUT2D eigenvalue weighted by Gasteiger charge is 2.39. The highest BCUT2D eigenvalue weighted by Crippen LogP contribution is 2.49. The van der Waals surface area contributed by atoms with Crippen LogP contribution in [0.5, 0.6) is 17.2 Å². The van der Waals surface area contributed by atoms with Gasteiger partial charge in [0, 0.05) is 26.2 Å². The van der Waals surface area contributed by atoms with Crippen molar-refractivity contribution in [1.82, 2.24) is 0 Å². The topological polar surface area (TPSA) is 55.4 Å². The molecule has 0 spiro atoms. The number of hydrogen-bond acceptors (Lipinski definition) is 6. The smallest absolute Gasteiger partial charge is 0.237 e. The van der Waals surface area contributed by atoms with Crippen LogP contribution in [0.1, 0.15) is 69.1 Å². The van der Waals surface area contributed by atoms with Crippen molar-refractivity contribution in [2.75, 3.05) is 0 Å². The molecule has 222 valence electrons. The van der Waals surface area contributed by atoms with E-state index in [4.69, 9.17) is 28.4 Å². The van der Waals surface area contributed by atoms with Crippen molar-refractivity contribution in [1.29, 1.82) is 0 Å². The van der Waals surface area contributed by atoms with E-state index in [1.54, 1.807) is 0 Å². The highest BCUT2D eigenvalue weighted by molar-refractivity contribution is 5.44. The molecule has 0 aromatic heterocycles. The van der Waals surface area contributed by atoms with Gasteiger partial charge in [0.25, 0.3) is 0 Å². The van der Waals surface area contributed by atoms with E-state index < -0.39 is 12.6 Å². The zero-order chi connectivity index (χ0) is 30.0. The van der Waals surface area contributed by atoms with Crippen LogP contribution in [-0.4, -0.2) is 18.9 Å². The molecule has 3 atom stereocenters. The number of benzene rings is 3. The molecule has 0 amide bonds. The lowest BCUT2D eigenvalue weighted by atomic mass is 9.62. The summed E-state index contributed by atoms with van der Waals surface area (Å²) in [7, 11) is 0. The van der Waals surface area contributed by atoms with E-state index in [9.17, 15) is 0 Å². The van der Waals surface area contributed by atoms with Crippen molar-refractivity contribution >= 4 is 0 Å². The molecule has 1 fully saturated rings. The molecule has 3 unspecified atom stereocenters. The first kappa shape index (κ1) is 30.6. The molecule has 0 saturated heterocycles. The summed E-state index contributed by atoms with van der Waals surface area (Å²) in [6, 6.07) is 25.2. The van der Waals surface area contributed by atoms with Crippen molar-refractivity contribution < 1.29 is 28.4 Å². The molecule has 0 N–H and O–H groups in total. The first-order valence-corrected chi connectivity index (χ1v) is 14.5. The second kappa shape index (κ2) is 14.5. The standard InChI is InChI=1S/C36H42O6/c1-7-37-26(4)40-33-16-10-29(11-17-33)30-22-24-36(25-23-30,31-12-18-34(19-13-31)41-27(5)38-8-2)32-14-20-35(21-15-32)42-28(6)39-9-3/h7-21,26-28,30H,1-3,22-25H2,4-6H3. The van der Waals surface area contributed by atoms with Crippen LogP contribution in [0, 0.1) is 0 Å². The van der Waals surface area contributed by atoms with Gasteiger partial charge in [0.2, 0.25) is 18.9 Å². The second-order valence-electron chi connectivity index (χ2n) is 10.4. The van der Waals surface area contributed by atoms with Gasteiger partial charge in [-0.25, -0.2) is 0 Å².